The van der Waals surface area contributed by atoms with Crippen LogP contribution in [-0.2, 0) is 31.2 Å². The highest BCUT2D eigenvalue weighted by Gasteiger charge is 2.23. The lowest BCUT2D eigenvalue weighted by molar-refractivity contribution is 0.0285. The fourth-order valence-corrected chi connectivity index (χ4v) is 5.01. The quantitative estimate of drug-likeness (QED) is 0.209. The largest absolute Gasteiger partial charge is 0.489 e. The molecular formula is C34H42F2N4O3. The molecule has 9 heteroatoms. The maximum absolute atomic E-state index is 15.3. The van der Waals surface area contributed by atoms with E-state index in [1.165, 1.54) is 11.0 Å². The number of halogens is 2. The number of hydrogen-bond donors (Lipinski definition) is 0. The number of carbonyl (C=O) groups excluding carboxylic acids is 1. The number of pyridine rings is 1. The molecule has 4 aromatic rings. The molecule has 0 aliphatic heterocycles. The first-order valence-corrected chi connectivity index (χ1v) is 14.5. The van der Waals surface area contributed by atoms with E-state index in [2.05, 4.69) is 25.8 Å². The van der Waals surface area contributed by atoms with Gasteiger partial charge in [-0.1, -0.05) is 26.8 Å². The lowest BCUT2D eigenvalue weighted by Gasteiger charge is -2.25. The Bertz CT molecular complexity index is 1630. The summed E-state index contributed by atoms with van der Waals surface area (Å²) in [5.41, 5.74) is 5.11. The average molecular weight is 593 g/mol. The summed E-state index contributed by atoms with van der Waals surface area (Å²) in [5.74, 6) is -2.16. The molecule has 0 aliphatic rings. The van der Waals surface area contributed by atoms with Gasteiger partial charge in [-0.15, -0.1) is 0 Å². The second kappa shape index (κ2) is 12.3. The third-order valence-electron chi connectivity index (χ3n) is 7.14. The Balaban J connectivity index is 1.64. The molecule has 7 nitrogen and oxygen atoms in total. The van der Waals surface area contributed by atoms with Crippen LogP contribution >= 0.6 is 0 Å². The highest BCUT2D eigenvalue weighted by Crippen LogP contribution is 2.36. The van der Waals surface area contributed by atoms with Gasteiger partial charge in [0.1, 0.15) is 5.60 Å². The molecule has 0 saturated carbocycles. The molecule has 2 aromatic heterocycles. The number of fused-ring (bicyclic) bond motifs is 1. The second-order valence-electron chi connectivity index (χ2n) is 13.2. The Morgan fingerprint density at radius 2 is 1.77 bits per heavy atom. The van der Waals surface area contributed by atoms with Crippen molar-refractivity contribution in [2.45, 2.75) is 73.5 Å². The Hall–Kier alpha value is -4.01. The van der Waals surface area contributed by atoms with Crippen molar-refractivity contribution >= 4 is 17.0 Å². The van der Waals surface area contributed by atoms with E-state index >= 15 is 4.39 Å². The zero-order valence-corrected chi connectivity index (χ0v) is 26.6. The topological polar surface area (TPSA) is 69.5 Å². The van der Waals surface area contributed by atoms with E-state index in [0.717, 1.165) is 40.4 Å². The van der Waals surface area contributed by atoms with Crippen molar-refractivity contribution in [3.05, 3.63) is 76.7 Å². The molecule has 0 fully saturated rings. The van der Waals surface area contributed by atoms with E-state index < -0.39 is 23.3 Å². The van der Waals surface area contributed by atoms with Crippen molar-refractivity contribution in [2.24, 2.45) is 12.5 Å². The first-order chi connectivity index (χ1) is 20.0. The standard InChI is InChI=1S/C34H42F2N4O3/c1-21-24(29(38-40(21)9)19-33(2,3)4)15-17-42-31-25(11-12-27(35)30(31)36)22-10-13-28-26(18-22)23(14-16-37-28)20-39(8)32(41)43-34(5,6)7/h10-14,16,18H,15,17,19-20H2,1-9H3. The van der Waals surface area contributed by atoms with Gasteiger partial charge in [0, 0.05) is 49.9 Å². The van der Waals surface area contributed by atoms with Crippen LogP contribution in [0.25, 0.3) is 22.0 Å². The fourth-order valence-electron chi connectivity index (χ4n) is 5.01. The van der Waals surface area contributed by atoms with Crippen LogP contribution < -0.4 is 4.74 Å². The van der Waals surface area contributed by atoms with Crippen molar-refractivity contribution in [1.82, 2.24) is 19.7 Å². The summed E-state index contributed by atoms with van der Waals surface area (Å²) in [6.07, 6.45) is 2.53. The molecule has 43 heavy (non-hydrogen) atoms. The zero-order chi connectivity index (χ0) is 31.7. The number of aromatic nitrogens is 3. The average Bonchev–Trinajstić information content (AvgIpc) is 3.16. The molecule has 4 rings (SSSR count). The van der Waals surface area contributed by atoms with Gasteiger partial charge in [-0.3, -0.25) is 9.67 Å². The van der Waals surface area contributed by atoms with Crippen molar-refractivity contribution in [1.29, 1.82) is 0 Å². The number of hydrogen-bond acceptors (Lipinski definition) is 5. The molecular weight excluding hydrogens is 550 g/mol. The van der Waals surface area contributed by atoms with Gasteiger partial charge in [0.2, 0.25) is 5.82 Å². The van der Waals surface area contributed by atoms with Crippen LogP contribution in [0, 0.1) is 24.0 Å². The molecule has 0 aliphatic carbocycles. The van der Waals surface area contributed by atoms with Gasteiger partial charge in [0.25, 0.3) is 0 Å². The minimum Gasteiger partial charge on any atom is -0.489 e. The Morgan fingerprint density at radius 3 is 2.44 bits per heavy atom. The predicted octanol–water partition coefficient (Wildman–Crippen LogP) is 7.80. The summed E-state index contributed by atoms with van der Waals surface area (Å²) < 4.78 is 43.1. The van der Waals surface area contributed by atoms with E-state index in [4.69, 9.17) is 14.6 Å². The number of rotatable bonds is 8. The normalized spacial score (nSPS) is 12.1. The van der Waals surface area contributed by atoms with Crippen molar-refractivity contribution in [2.75, 3.05) is 13.7 Å². The van der Waals surface area contributed by atoms with E-state index in [-0.39, 0.29) is 24.3 Å². The van der Waals surface area contributed by atoms with Crippen molar-refractivity contribution in [3.63, 3.8) is 0 Å². The second-order valence-corrected chi connectivity index (χ2v) is 13.2. The number of benzene rings is 2. The van der Waals surface area contributed by atoms with Gasteiger partial charge in [-0.2, -0.15) is 9.49 Å². The Labute approximate surface area is 252 Å². The molecule has 0 N–H and O–H groups in total. The molecule has 0 spiro atoms. The highest BCUT2D eigenvalue weighted by atomic mass is 19.2. The smallest absolute Gasteiger partial charge is 0.410 e. The first kappa shape index (κ1) is 31.9. The van der Waals surface area contributed by atoms with Gasteiger partial charge in [0.05, 0.1) is 17.8 Å². The van der Waals surface area contributed by atoms with Crippen LogP contribution in [0.3, 0.4) is 0 Å². The molecule has 0 radical (unpaired) electrons. The molecule has 0 unspecified atom stereocenters. The summed E-state index contributed by atoms with van der Waals surface area (Å²) in [7, 11) is 3.58. The first-order valence-electron chi connectivity index (χ1n) is 14.5. The van der Waals surface area contributed by atoms with E-state index in [1.807, 2.05) is 63.7 Å². The predicted molar refractivity (Wildman–Crippen MR) is 165 cm³/mol. The molecule has 0 saturated heterocycles. The van der Waals surface area contributed by atoms with E-state index in [0.29, 0.717) is 23.1 Å². The highest BCUT2D eigenvalue weighted by molar-refractivity contribution is 5.88. The lowest BCUT2D eigenvalue weighted by Crippen LogP contribution is -2.33. The summed E-state index contributed by atoms with van der Waals surface area (Å²) >= 11 is 0. The minimum absolute atomic E-state index is 0.0454. The maximum Gasteiger partial charge on any atom is 0.410 e. The van der Waals surface area contributed by atoms with Gasteiger partial charge >= 0.3 is 6.09 Å². The van der Waals surface area contributed by atoms with Crippen LogP contribution in [0.5, 0.6) is 5.75 Å². The van der Waals surface area contributed by atoms with E-state index in [9.17, 15) is 9.18 Å². The number of amides is 1. The van der Waals surface area contributed by atoms with Crippen molar-refractivity contribution < 1.29 is 23.0 Å². The molecule has 1 amide bonds. The summed E-state index contributed by atoms with van der Waals surface area (Å²) in [4.78, 5) is 18.6. The zero-order valence-electron chi connectivity index (χ0n) is 26.6. The third kappa shape index (κ3) is 7.69. The maximum atomic E-state index is 15.3. The van der Waals surface area contributed by atoms with Crippen LogP contribution in [-0.4, -0.2) is 45.0 Å². The van der Waals surface area contributed by atoms with Crippen molar-refractivity contribution in [3.8, 4) is 16.9 Å². The lowest BCUT2D eigenvalue weighted by atomic mass is 9.88. The van der Waals surface area contributed by atoms with Crippen LogP contribution in [0.2, 0.25) is 0 Å². The third-order valence-corrected chi connectivity index (χ3v) is 7.14. The molecule has 0 atom stereocenters. The summed E-state index contributed by atoms with van der Waals surface area (Å²) in [5, 5.41) is 5.47. The summed E-state index contributed by atoms with van der Waals surface area (Å²) in [6.45, 7) is 14.4. The molecule has 2 aromatic carbocycles. The minimum atomic E-state index is -1.04. The van der Waals surface area contributed by atoms with Crippen LogP contribution in [0.4, 0.5) is 13.6 Å². The number of ether oxygens (including phenoxy) is 2. The number of carbonyl (C=O) groups is 1. The van der Waals surface area contributed by atoms with Gasteiger partial charge in [-0.25, -0.2) is 9.18 Å². The van der Waals surface area contributed by atoms with Gasteiger partial charge in [0.15, 0.2) is 11.6 Å². The van der Waals surface area contributed by atoms with E-state index in [1.54, 1.807) is 13.2 Å². The summed E-state index contributed by atoms with van der Waals surface area (Å²) in [6, 6.07) is 9.97. The van der Waals surface area contributed by atoms with Gasteiger partial charge < -0.3 is 14.4 Å². The molecule has 2 heterocycles. The number of aryl methyl sites for hydroxylation is 1. The Morgan fingerprint density at radius 1 is 1.05 bits per heavy atom. The fraction of sp³-hybridized carbons (Fsp3) is 0.441. The van der Waals surface area contributed by atoms with Gasteiger partial charge in [-0.05, 0) is 86.6 Å². The molecule has 0 bridgehead atoms. The monoisotopic (exact) mass is 592 g/mol. The SMILES string of the molecule is Cc1c(CCOc2c(-c3ccc4nccc(CN(C)C(=O)OC(C)(C)C)c4c3)ccc(F)c2F)c(CC(C)(C)C)nn1C. The Kier molecular flexibility index (Phi) is 9.13. The molecule has 230 valence electrons. The van der Waals surface area contributed by atoms with Crippen LogP contribution in [0.15, 0.2) is 42.6 Å². The van der Waals surface area contributed by atoms with Crippen LogP contribution in [0.1, 0.15) is 64.1 Å². The number of nitrogens with zero attached hydrogens (tertiary/aromatic N) is 4.